The predicted molar refractivity (Wildman–Crippen MR) is 41.6 cm³/mol. The molecule has 0 saturated carbocycles. The van der Waals surface area contributed by atoms with Crippen LogP contribution in [0.2, 0.25) is 0 Å². The Morgan fingerprint density at radius 3 is 2.58 bits per heavy atom. The Labute approximate surface area is 71.5 Å². The van der Waals surface area contributed by atoms with Crippen molar-refractivity contribution in [2.45, 2.75) is 38.8 Å². The average molecular weight is 174 g/mol. The van der Waals surface area contributed by atoms with Crippen LogP contribution in [0.4, 0.5) is 0 Å². The van der Waals surface area contributed by atoms with Crippen LogP contribution < -0.4 is 0 Å². The van der Waals surface area contributed by atoms with E-state index in [0.717, 1.165) is 0 Å². The first-order valence-corrected chi connectivity index (χ1v) is 3.93. The second kappa shape index (κ2) is 3.12. The average Bonchev–Trinajstić information content (AvgIpc) is 2.28. The van der Waals surface area contributed by atoms with Gasteiger partial charge in [0.05, 0.1) is 6.61 Å². The van der Waals surface area contributed by atoms with Gasteiger partial charge in [-0.3, -0.25) is 4.79 Å². The van der Waals surface area contributed by atoms with Crippen molar-refractivity contribution in [3.05, 3.63) is 0 Å². The topological polar surface area (TPSA) is 55.8 Å². The highest BCUT2D eigenvalue weighted by atomic mass is 16.7. The Bertz CT molecular complexity index is 187. The molecule has 1 saturated heterocycles. The van der Waals surface area contributed by atoms with Crippen molar-refractivity contribution in [1.82, 2.24) is 0 Å². The second-order valence-corrected chi connectivity index (χ2v) is 3.42. The standard InChI is InChI=1S/C8H14O4/c1-5(9)7(10)6-4-11-8(2,3)12-6/h6-7,10H,4H2,1-3H3. The van der Waals surface area contributed by atoms with Crippen molar-refractivity contribution >= 4 is 5.78 Å². The fourth-order valence-electron chi connectivity index (χ4n) is 1.13. The summed E-state index contributed by atoms with van der Waals surface area (Å²) in [6.07, 6.45) is -1.58. The molecule has 0 bridgehead atoms. The molecule has 1 aliphatic rings. The Hall–Kier alpha value is -0.450. The lowest BCUT2D eigenvalue weighted by molar-refractivity contribution is -0.156. The zero-order chi connectivity index (χ0) is 9.35. The van der Waals surface area contributed by atoms with E-state index in [1.807, 2.05) is 0 Å². The summed E-state index contributed by atoms with van der Waals surface area (Å²) in [7, 11) is 0. The summed E-state index contributed by atoms with van der Waals surface area (Å²) in [5, 5.41) is 9.30. The van der Waals surface area contributed by atoms with Crippen LogP contribution in [-0.2, 0) is 14.3 Å². The number of aliphatic hydroxyl groups excluding tert-OH is 1. The van der Waals surface area contributed by atoms with Crippen molar-refractivity contribution in [3.63, 3.8) is 0 Å². The Balaban J connectivity index is 2.52. The lowest BCUT2D eigenvalue weighted by atomic mass is 10.1. The zero-order valence-corrected chi connectivity index (χ0v) is 7.53. The molecule has 1 fully saturated rings. The minimum absolute atomic E-state index is 0.272. The molecule has 1 heterocycles. The molecule has 0 radical (unpaired) electrons. The van der Waals surface area contributed by atoms with E-state index in [1.54, 1.807) is 13.8 Å². The molecule has 12 heavy (non-hydrogen) atoms. The van der Waals surface area contributed by atoms with Crippen molar-refractivity contribution in [2.75, 3.05) is 6.61 Å². The molecule has 1 N–H and O–H groups in total. The molecule has 0 aliphatic carbocycles. The fourth-order valence-corrected chi connectivity index (χ4v) is 1.13. The Morgan fingerprint density at radius 1 is 1.67 bits per heavy atom. The van der Waals surface area contributed by atoms with Crippen LogP contribution >= 0.6 is 0 Å². The van der Waals surface area contributed by atoms with Gasteiger partial charge in [-0.2, -0.15) is 0 Å². The van der Waals surface area contributed by atoms with E-state index < -0.39 is 18.0 Å². The normalized spacial score (nSPS) is 30.2. The molecule has 0 aromatic rings. The first-order valence-electron chi connectivity index (χ1n) is 3.93. The van der Waals surface area contributed by atoms with E-state index in [9.17, 15) is 9.90 Å². The van der Waals surface area contributed by atoms with Gasteiger partial charge in [0.25, 0.3) is 0 Å². The summed E-state index contributed by atoms with van der Waals surface area (Å²) in [6, 6.07) is 0. The molecular weight excluding hydrogens is 160 g/mol. The number of ether oxygens (including phenoxy) is 2. The van der Waals surface area contributed by atoms with Crippen molar-refractivity contribution in [3.8, 4) is 0 Å². The van der Waals surface area contributed by atoms with Gasteiger partial charge in [-0.25, -0.2) is 0 Å². The Morgan fingerprint density at radius 2 is 2.25 bits per heavy atom. The number of aliphatic hydroxyl groups is 1. The number of hydrogen-bond donors (Lipinski definition) is 1. The van der Waals surface area contributed by atoms with Crippen molar-refractivity contribution in [2.24, 2.45) is 0 Å². The summed E-state index contributed by atoms with van der Waals surface area (Å²) in [5.41, 5.74) is 0. The van der Waals surface area contributed by atoms with E-state index in [4.69, 9.17) is 9.47 Å². The lowest BCUT2D eigenvalue weighted by Gasteiger charge is -2.18. The molecular formula is C8H14O4. The van der Waals surface area contributed by atoms with Gasteiger partial charge in [0.2, 0.25) is 0 Å². The molecule has 4 heteroatoms. The van der Waals surface area contributed by atoms with Gasteiger partial charge in [-0.1, -0.05) is 0 Å². The zero-order valence-electron chi connectivity index (χ0n) is 7.53. The van der Waals surface area contributed by atoms with E-state index in [1.165, 1.54) is 6.92 Å². The smallest absolute Gasteiger partial charge is 0.163 e. The maximum absolute atomic E-state index is 10.8. The highest BCUT2D eigenvalue weighted by Crippen LogP contribution is 2.24. The molecule has 4 nitrogen and oxygen atoms in total. The number of rotatable bonds is 2. The number of carbonyl (C=O) groups excluding carboxylic acids is 1. The first-order chi connectivity index (χ1) is 5.42. The maximum atomic E-state index is 10.8. The summed E-state index contributed by atoms with van der Waals surface area (Å²) in [4.78, 5) is 10.8. The lowest BCUT2D eigenvalue weighted by Crippen LogP contribution is -2.35. The first kappa shape index (κ1) is 9.64. The fraction of sp³-hybridized carbons (Fsp3) is 0.875. The van der Waals surface area contributed by atoms with E-state index >= 15 is 0 Å². The molecule has 1 rings (SSSR count). The number of hydrogen-bond acceptors (Lipinski definition) is 4. The van der Waals surface area contributed by atoms with Gasteiger partial charge >= 0.3 is 0 Å². The minimum atomic E-state index is -1.06. The molecule has 0 aromatic heterocycles. The highest BCUT2D eigenvalue weighted by Gasteiger charge is 2.38. The predicted octanol–water partition coefficient (Wildman–Crippen LogP) is 0.0878. The van der Waals surface area contributed by atoms with Gasteiger partial charge in [-0.15, -0.1) is 0 Å². The SMILES string of the molecule is CC(=O)C(O)C1COC(C)(C)O1. The molecule has 2 unspecified atom stereocenters. The summed E-state index contributed by atoms with van der Waals surface area (Å²) >= 11 is 0. The van der Waals surface area contributed by atoms with Gasteiger partial charge in [0.15, 0.2) is 11.6 Å². The van der Waals surface area contributed by atoms with Crippen LogP contribution in [0, 0.1) is 0 Å². The largest absolute Gasteiger partial charge is 0.382 e. The highest BCUT2D eigenvalue weighted by molar-refractivity contribution is 5.80. The quantitative estimate of drug-likeness (QED) is 0.644. The third-order valence-electron chi connectivity index (χ3n) is 1.80. The van der Waals surface area contributed by atoms with Crippen molar-refractivity contribution < 1.29 is 19.4 Å². The third kappa shape index (κ3) is 2.03. The van der Waals surface area contributed by atoms with Gasteiger partial charge < -0.3 is 14.6 Å². The molecule has 1 aliphatic heterocycles. The van der Waals surface area contributed by atoms with Gasteiger partial charge in [0.1, 0.15) is 12.2 Å². The summed E-state index contributed by atoms with van der Waals surface area (Å²) in [6.45, 7) is 5.10. The second-order valence-electron chi connectivity index (χ2n) is 3.42. The Kier molecular flexibility index (Phi) is 2.51. The van der Waals surface area contributed by atoms with Crippen LogP contribution in [0.25, 0.3) is 0 Å². The monoisotopic (exact) mass is 174 g/mol. The van der Waals surface area contributed by atoms with Crippen LogP contribution in [-0.4, -0.2) is 35.5 Å². The van der Waals surface area contributed by atoms with Crippen molar-refractivity contribution in [1.29, 1.82) is 0 Å². The van der Waals surface area contributed by atoms with E-state index in [2.05, 4.69) is 0 Å². The van der Waals surface area contributed by atoms with Crippen LogP contribution in [0.5, 0.6) is 0 Å². The third-order valence-corrected chi connectivity index (χ3v) is 1.80. The van der Waals surface area contributed by atoms with Crippen LogP contribution in [0.3, 0.4) is 0 Å². The van der Waals surface area contributed by atoms with Gasteiger partial charge in [-0.05, 0) is 20.8 Å². The number of carbonyl (C=O) groups is 1. The van der Waals surface area contributed by atoms with E-state index in [0.29, 0.717) is 0 Å². The summed E-state index contributed by atoms with van der Waals surface area (Å²) in [5.74, 6) is -0.970. The molecule has 70 valence electrons. The molecule has 0 amide bonds. The number of ketones is 1. The molecule has 0 aromatic carbocycles. The van der Waals surface area contributed by atoms with Crippen LogP contribution in [0.1, 0.15) is 20.8 Å². The molecule has 0 spiro atoms. The van der Waals surface area contributed by atoms with E-state index in [-0.39, 0.29) is 12.4 Å². The molecule has 2 atom stereocenters. The number of Topliss-reactive ketones (excluding diaryl/α,β-unsaturated/α-hetero) is 1. The minimum Gasteiger partial charge on any atom is -0.382 e. The maximum Gasteiger partial charge on any atom is 0.163 e. The summed E-state index contributed by atoms with van der Waals surface area (Å²) < 4.78 is 10.5. The van der Waals surface area contributed by atoms with Crippen LogP contribution in [0.15, 0.2) is 0 Å². The van der Waals surface area contributed by atoms with Gasteiger partial charge in [0, 0.05) is 0 Å².